The van der Waals surface area contributed by atoms with Gasteiger partial charge in [-0.05, 0) is 37.0 Å². The van der Waals surface area contributed by atoms with Crippen molar-refractivity contribution >= 4 is 18.0 Å². The number of hydrazone groups is 1. The number of anilines is 1. The van der Waals surface area contributed by atoms with Crippen LogP contribution in [0, 0.1) is 0 Å². The summed E-state index contributed by atoms with van der Waals surface area (Å²) in [5, 5.41) is 3.95. The lowest BCUT2D eigenvalue weighted by molar-refractivity contribution is 0.876. The number of nitrogens with zero attached hydrogens (tertiary/aromatic N) is 1. The molecule has 18 heavy (non-hydrogen) atoms. The van der Waals surface area contributed by atoms with Crippen LogP contribution in [0.1, 0.15) is 24.8 Å². The Balaban J connectivity index is 0.000000149. The topological polar surface area (TPSA) is 24.4 Å². The average molecular weight is 238 g/mol. The molecule has 2 aliphatic rings. The van der Waals surface area contributed by atoms with E-state index in [0.717, 1.165) is 5.69 Å². The Morgan fingerprint density at radius 1 is 0.944 bits per heavy atom. The maximum Gasteiger partial charge on any atom is 0.0634 e. The van der Waals surface area contributed by atoms with Gasteiger partial charge in [-0.3, -0.25) is 5.43 Å². The first-order valence-electron chi connectivity index (χ1n) is 6.33. The van der Waals surface area contributed by atoms with E-state index in [4.69, 9.17) is 0 Å². The second-order valence-corrected chi connectivity index (χ2v) is 4.12. The van der Waals surface area contributed by atoms with Crippen LogP contribution >= 0.6 is 0 Å². The van der Waals surface area contributed by atoms with E-state index < -0.39 is 0 Å². The van der Waals surface area contributed by atoms with E-state index in [9.17, 15) is 0 Å². The number of rotatable bonds is 0. The first-order chi connectivity index (χ1) is 8.97. The monoisotopic (exact) mass is 238 g/mol. The molecule has 3 rings (SSSR count). The molecule has 0 radical (unpaired) electrons. The molecule has 1 aromatic carbocycles. The molecular formula is C16H18N2. The van der Waals surface area contributed by atoms with Crippen molar-refractivity contribution in [3.8, 4) is 0 Å². The maximum absolute atomic E-state index is 3.95. The molecule has 1 aromatic rings. The second kappa shape index (κ2) is 7.28. The van der Waals surface area contributed by atoms with Gasteiger partial charge in [0.25, 0.3) is 0 Å². The number of nitrogens with one attached hydrogen (secondary N) is 1. The van der Waals surface area contributed by atoms with Gasteiger partial charge in [0.1, 0.15) is 0 Å². The summed E-state index contributed by atoms with van der Waals surface area (Å²) >= 11 is 0. The van der Waals surface area contributed by atoms with Crippen molar-refractivity contribution in [3.63, 3.8) is 0 Å². The van der Waals surface area contributed by atoms with Gasteiger partial charge in [-0.25, -0.2) is 0 Å². The minimum atomic E-state index is 1.05. The Hall–Kier alpha value is -2.09. The highest BCUT2D eigenvalue weighted by Crippen LogP contribution is 2.17. The van der Waals surface area contributed by atoms with Crippen LogP contribution in [0.5, 0.6) is 0 Å². The van der Waals surface area contributed by atoms with Crippen molar-refractivity contribution in [2.24, 2.45) is 5.10 Å². The van der Waals surface area contributed by atoms with Crippen molar-refractivity contribution in [2.45, 2.75) is 19.3 Å². The standard InChI is InChI=1S/C9H8N2.C7H10/c1-2-6-9-8(4-1)5-3-7-10-11-9;1-2-4-6-7-5-3-1/h1-7,11H;1-4H,5-7H2. The minimum Gasteiger partial charge on any atom is -0.278 e. The highest BCUT2D eigenvalue weighted by Gasteiger charge is 1.96. The predicted molar refractivity (Wildman–Crippen MR) is 79.7 cm³/mol. The maximum atomic E-state index is 3.95. The van der Waals surface area contributed by atoms with Crippen molar-refractivity contribution in [3.05, 3.63) is 60.2 Å². The number of para-hydroxylation sites is 1. The van der Waals surface area contributed by atoms with E-state index in [1.165, 1.54) is 24.8 Å². The lowest BCUT2D eigenvalue weighted by Gasteiger charge is -2.00. The molecule has 0 bridgehead atoms. The van der Waals surface area contributed by atoms with E-state index in [2.05, 4.69) is 34.8 Å². The third-order valence-electron chi connectivity index (χ3n) is 2.71. The van der Waals surface area contributed by atoms with Crippen LogP contribution in [0.15, 0.2) is 59.7 Å². The van der Waals surface area contributed by atoms with Crippen LogP contribution in [0.25, 0.3) is 6.08 Å². The summed E-state index contributed by atoms with van der Waals surface area (Å²) in [6, 6.07) is 8.05. The summed E-state index contributed by atoms with van der Waals surface area (Å²) in [5.41, 5.74) is 5.16. The van der Waals surface area contributed by atoms with E-state index in [1.807, 2.05) is 36.4 Å². The Kier molecular flexibility index (Phi) is 5.00. The fourth-order valence-electron chi connectivity index (χ4n) is 1.74. The molecule has 0 spiro atoms. The van der Waals surface area contributed by atoms with Gasteiger partial charge in [0.2, 0.25) is 0 Å². The number of fused-ring (bicyclic) bond motifs is 1. The number of benzene rings is 1. The fraction of sp³-hybridized carbons (Fsp3) is 0.188. The van der Waals surface area contributed by atoms with Gasteiger partial charge < -0.3 is 0 Å². The van der Waals surface area contributed by atoms with Gasteiger partial charge in [-0.15, -0.1) is 0 Å². The summed E-state index contributed by atoms with van der Waals surface area (Å²) in [6.45, 7) is 0. The van der Waals surface area contributed by atoms with Crippen molar-refractivity contribution in [1.29, 1.82) is 0 Å². The summed E-state index contributed by atoms with van der Waals surface area (Å²) < 4.78 is 0. The molecule has 0 atom stereocenters. The van der Waals surface area contributed by atoms with Crippen LogP contribution in [-0.4, -0.2) is 6.21 Å². The summed E-state index contributed by atoms with van der Waals surface area (Å²) in [7, 11) is 0. The summed E-state index contributed by atoms with van der Waals surface area (Å²) in [6.07, 6.45) is 18.2. The van der Waals surface area contributed by atoms with Gasteiger partial charge >= 0.3 is 0 Å². The molecule has 0 fully saturated rings. The predicted octanol–water partition coefficient (Wildman–Crippen LogP) is 4.39. The van der Waals surface area contributed by atoms with E-state index in [0.29, 0.717) is 0 Å². The zero-order chi connectivity index (χ0) is 12.5. The Labute approximate surface area is 108 Å². The zero-order valence-corrected chi connectivity index (χ0v) is 10.4. The molecule has 2 nitrogen and oxygen atoms in total. The van der Waals surface area contributed by atoms with E-state index in [-0.39, 0.29) is 0 Å². The van der Waals surface area contributed by atoms with Gasteiger partial charge in [0, 0.05) is 6.21 Å². The van der Waals surface area contributed by atoms with Crippen molar-refractivity contribution in [1.82, 2.24) is 0 Å². The number of hydrogen-bond acceptors (Lipinski definition) is 2. The quantitative estimate of drug-likeness (QED) is 0.712. The normalized spacial score (nSPS) is 15.8. The molecule has 0 aromatic heterocycles. The zero-order valence-electron chi connectivity index (χ0n) is 10.4. The highest BCUT2D eigenvalue weighted by atomic mass is 15.3. The molecule has 0 saturated heterocycles. The Bertz CT molecular complexity index is 470. The summed E-state index contributed by atoms with van der Waals surface area (Å²) in [4.78, 5) is 0. The molecule has 92 valence electrons. The molecule has 0 saturated carbocycles. The Morgan fingerprint density at radius 2 is 1.72 bits per heavy atom. The van der Waals surface area contributed by atoms with Crippen molar-refractivity contribution in [2.75, 3.05) is 5.43 Å². The van der Waals surface area contributed by atoms with E-state index >= 15 is 0 Å². The van der Waals surface area contributed by atoms with Gasteiger partial charge in [0.05, 0.1) is 5.69 Å². The van der Waals surface area contributed by atoms with Gasteiger partial charge in [-0.2, -0.15) is 5.10 Å². The van der Waals surface area contributed by atoms with Crippen LogP contribution in [-0.2, 0) is 0 Å². The lowest BCUT2D eigenvalue weighted by atomic mass is 10.2. The lowest BCUT2D eigenvalue weighted by Crippen LogP contribution is -1.87. The molecular weight excluding hydrogens is 220 g/mol. The van der Waals surface area contributed by atoms with Gasteiger partial charge in [0.15, 0.2) is 0 Å². The molecule has 1 heterocycles. The second-order valence-electron chi connectivity index (χ2n) is 4.12. The highest BCUT2D eigenvalue weighted by molar-refractivity contribution is 5.83. The molecule has 1 aliphatic heterocycles. The third kappa shape index (κ3) is 4.06. The summed E-state index contributed by atoms with van der Waals surface area (Å²) in [5.74, 6) is 0. The minimum absolute atomic E-state index is 1.05. The number of allylic oxidation sites excluding steroid dienone is 5. The first-order valence-corrected chi connectivity index (χ1v) is 6.33. The SMILES string of the molecule is C1=CCCCC=C1.C1=Cc2ccccc2NN=C1. The third-order valence-corrected chi connectivity index (χ3v) is 2.71. The van der Waals surface area contributed by atoms with E-state index in [1.54, 1.807) is 6.21 Å². The van der Waals surface area contributed by atoms with Crippen LogP contribution in [0.2, 0.25) is 0 Å². The number of hydrogen-bond donors (Lipinski definition) is 1. The van der Waals surface area contributed by atoms with Crippen LogP contribution < -0.4 is 5.43 Å². The van der Waals surface area contributed by atoms with Crippen LogP contribution in [0.3, 0.4) is 0 Å². The van der Waals surface area contributed by atoms with Gasteiger partial charge in [-0.1, -0.05) is 48.6 Å². The van der Waals surface area contributed by atoms with Crippen LogP contribution in [0.4, 0.5) is 5.69 Å². The Morgan fingerprint density at radius 3 is 2.56 bits per heavy atom. The molecule has 1 aliphatic carbocycles. The largest absolute Gasteiger partial charge is 0.278 e. The fourth-order valence-corrected chi connectivity index (χ4v) is 1.74. The average Bonchev–Trinajstić information content (AvgIpc) is 2.84. The molecule has 0 amide bonds. The first kappa shape index (κ1) is 12.4. The smallest absolute Gasteiger partial charge is 0.0634 e. The molecule has 2 heteroatoms. The van der Waals surface area contributed by atoms with Crippen molar-refractivity contribution < 1.29 is 0 Å². The molecule has 1 N–H and O–H groups in total. The molecule has 0 unspecified atom stereocenters.